The van der Waals surface area contributed by atoms with Crippen LogP contribution in [-0.4, -0.2) is 24.5 Å². The average molecular weight is 353 g/mol. The van der Waals surface area contributed by atoms with Gasteiger partial charge in [0.15, 0.2) is 11.5 Å². The summed E-state index contributed by atoms with van der Waals surface area (Å²) >= 11 is 0. The topological polar surface area (TPSA) is 56.8 Å². The van der Waals surface area contributed by atoms with E-state index in [0.29, 0.717) is 17.2 Å². The predicted octanol–water partition coefficient (Wildman–Crippen LogP) is 3.75. The van der Waals surface area contributed by atoms with Gasteiger partial charge < -0.3 is 19.5 Å². The van der Waals surface area contributed by atoms with E-state index in [2.05, 4.69) is 10.1 Å². The molecule has 1 N–H and O–H groups in total. The molecule has 1 aliphatic rings. The van der Waals surface area contributed by atoms with Crippen molar-refractivity contribution in [2.24, 2.45) is 0 Å². The molecule has 5 nitrogen and oxygen atoms in total. The monoisotopic (exact) mass is 353 g/mol. The molecule has 0 unspecified atom stereocenters. The van der Waals surface area contributed by atoms with Gasteiger partial charge in [-0.2, -0.15) is 0 Å². The zero-order chi connectivity index (χ0) is 18.0. The molecule has 0 saturated carbocycles. The average Bonchev–Trinajstić information content (AvgIpc) is 2.54. The van der Waals surface area contributed by atoms with Crippen molar-refractivity contribution in [1.82, 2.24) is 0 Å². The second-order valence-electron chi connectivity index (χ2n) is 5.37. The van der Waals surface area contributed by atoms with E-state index in [9.17, 15) is 18.0 Å². The third kappa shape index (κ3) is 4.14. The first kappa shape index (κ1) is 16.9. The number of anilines is 1. The van der Waals surface area contributed by atoms with E-state index < -0.39 is 24.5 Å². The molecule has 0 saturated heterocycles. The van der Waals surface area contributed by atoms with Crippen molar-refractivity contribution in [2.75, 3.05) is 5.32 Å². The third-order valence-corrected chi connectivity index (χ3v) is 3.46. The Balaban J connectivity index is 1.66. The van der Waals surface area contributed by atoms with Gasteiger partial charge in [-0.1, -0.05) is 12.1 Å². The summed E-state index contributed by atoms with van der Waals surface area (Å²) in [5.74, 6) is 0.166. The van der Waals surface area contributed by atoms with Crippen LogP contribution in [0, 0.1) is 0 Å². The van der Waals surface area contributed by atoms with Crippen LogP contribution in [0.2, 0.25) is 0 Å². The first-order chi connectivity index (χ1) is 11.8. The third-order valence-electron chi connectivity index (χ3n) is 3.46. The lowest BCUT2D eigenvalue weighted by molar-refractivity contribution is -0.274. The fraction of sp³-hybridized carbons (Fsp3) is 0.235. The van der Waals surface area contributed by atoms with Crippen molar-refractivity contribution in [3.63, 3.8) is 0 Å². The van der Waals surface area contributed by atoms with Crippen LogP contribution in [0.1, 0.15) is 6.92 Å². The first-order valence-corrected chi connectivity index (χ1v) is 7.41. The molecule has 0 aromatic heterocycles. The fourth-order valence-electron chi connectivity index (χ4n) is 2.36. The predicted molar refractivity (Wildman–Crippen MR) is 82.7 cm³/mol. The Bertz CT molecular complexity index is 761. The number of hydrogen-bond donors (Lipinski definition) is 1. The molecule has 25 heavy (non-hydrogen) atoms. The van der Waals surface area contributed by atoms with Gasteiger partial charge in [0.2, 0.25) is 6.10 Å². The maximum atomic E-state index is 12.4. The minimum atomic E-state index is -4.76. The molecule has 0 aliphatic carbocycles. The Hall–Kier alpha value is -2.90. The highest BCUT2D eigenvalue weighted by Gasteiger charge is 2.34. The minimum Gasteiger partial charge on any atom is -0.482 e. The van der Waals surface area contributed by atoms with Crippen LogP contribution in [0.3, 0.4) is 0 Å². The maximum Gasteiger partial charge on any atom is 0.573 e. The van der Waals surface area contributed by atoms with Crippen molar-refractivity contribution in [1.29, 1.82) is 0 Å². The zero-order valence-corrected chi connectivity index (χ0v) is 13.0. The molecule has 1 amide bonds. The summed E-state index contributed by atoms with van der Waals surface area (Å²) in [7, 11) is 0. The van der Waals surface area contributed by atoms with Gasteiger partial charge in [-0.15, -0.1) is 13.2 Å². The van der Waals surface area contributed by atoms with E-state index in [-0.39, 0.29) is 5.75 Å². The van der Waals surface area contributed by atoms with Crippen LogP contribution in [-0.2, 0) is 4.79 Å². The van der Waals surface area contributed by atoms with Gasteiger partial charge in [0.1, 0.15) is 11.9 Å². The number of alkyl halides is 3. The Morgan fingerprint density at radius 2 is 1.64 bits per heavy atom. The number of carbonyl (C=O) groups excluding carboxylic acids is 1. The van der Waals surface area contributed by atoms with E-state index in [1.165, 1.54) is 12.1 Å². The normalized spacial score (nSPS) is 19.2. The molecule has 8 heteroatoms. The van der Waals surface area contributed by atoms with Gasteiger partial charge >= 0.3 is 6.36 Å². The molecule has 0 fully saturated rings. The van der Waals surface area contributed by atoms with E-state index in [4.69, 9.17) is 9.47 Å². The second-order valence-corrected chi connectivity index (χ2v) is 5.37. The van der Waals surface area contributed by atoms with Crippen LogP contribution in [0.25, 0.3) is 0 Å². The Labute approximate surface area is 141 Å². The van der Waals surface area contributed by atoms with E-state index in [1.54, 1.807) is 31.2 Å². The number of fused-ring (bicyclic) bond motifs is 1. The number of halogens is 3. The summed E-state index contributed by atoms with van der Waals surface area (Å²) in [6.45, 7) is 1.69. The van der Waals surface area contributed by atoms with Crippen LogP contribution in [0.4, 0.5) is 18.9 Å². The van der Waals surface area contributed by atoms with Gasteiger partial charge in [-0.05, 0) is 43.3 Å². The van der Waals surface area contributed by atoms with E-state index in [0.717, 1.165) is 12.1 Å². The molecule has 0 radical (unpaired) electrons. The molecule has 2 aromatic rings. The second kappa shape index (κ2) is 6.54. The van der Waals surface area contributed by atoms with Crippen LogP contribution < -0.4 is 19.5 Å². The van der Waals surface area contributed by atoms with E-state index in [1.807, 2.05) is 0 Å². The number of benzene rings is 2. The molecular formula is C17H14F3NO4. The molecule has 2 atom stereocenters. The van der Waals surface area contributed by atoms with Crippen molar-refractivity contribution in [2.45, 2.75) is 25.5 Å². The highest BCUT2D eigenvalue weighted by Crippen LogP contribution is 2.33. The summed E-state index contributed by atoms with van der Waals surface area (Å²) in [6, 6.07) is 11.8. The number of amides is 1. The first-order valence-electron chi connectivity index (χ1n) is 7.41. The Kier molecular flexibility index (Phi) is 4.43. The summed E-state index contributed by atoms with van der Waals surface area (Å²) in [5.41, 5.74) is 0.314. The number of rotatable bonds is 3. The van der Waals surface area contributed by atoms with Crippen molar-refractivity contribution in [3.05, 3.63) is 48.5 Å². The van der Waals surface area contributed by atoms with Crippen LogP contribution in [0.15, 0.2) is 48.5 Å². The largest absolute Gasteiger partial charge is 0.573 e. The number of ether oxygens (including phenoxy) is 3. The molecule has 0 spiro atoms. The number of hydrogen-bond acceptors (Lipinski definition) is 4. The van der Waals surface area contributed by atoms with Gasteiger partial charge in [0, 0.05) is 5.69 Å². The number of para-hydroxylation sites is 2. The fourth-order valence-corrected chi connectivity index (χ4v) is 2.36. The number of carbonyl (C=O) groups is 1. The maximum absolute atomic E-state index is 12.4. The standard InChI is InChI=1S/C17H14F3NO4/c1-10-15(24-14-5-3-2-4-13(14)23-10)16(22)21-11-6-8-12(9-7-11)25-17(18,19)20/h2-10,15H,1H3,(H,21,22)/t10-,15-/m0/s1. The van der Waals surface area contributed by atoms with Gasteiger partial charge in [-0.25, -0.2) is 0 Å². The summed E-state index contributed by atoms with van der Waals surface area (Å²) in [4.78, 5) is 12.4. The lowest BCUT2D eigenvalue weighted by Crippen LogP contribution is -2.46. The van der Waals surface area contributed by atoms with Gasteiger partial charge in [0.05, 0.1) is 0 Å². The highest BCUT2D eigenvalue weighted by atomic mass is 19.4. The minimum absolute atomic E-state index is 0.314. The lowest BCUT2D eigenvalue weighted by atomic mass is 10.1. The van der Waals surface area contributed by atoms with Gasteiger partial charge in [-0.3, -0.25) is 4.79 Å². The zero-order valence-electron chi connectivity index (χ0n) is 13.0. The van der Waals surface area contributed by atoms with Crippen LogP contribution >= 0.6 is 0 Å². The molecule has 132 valence electrons. The quantitative estimate of drug-likeness (QED) is 0.913. The molecule has 1 heterocycles. The smallest absolute Gasteiger partial charge is 0.482 e. The van der Waals surface area contributed by atoms with Gasteiger partial charge in [0.25, 0.3) is 5.91 Å². The van der Waals surface area contributed by atoms with Crippen molar-refractivity contribution < 1.29 is 32.2 Å². The molecule has 1 aliphatic heterocycles. The Morgan fingerprint density at radius 3 is 2.24 bits per heavy atom. The van der Waals surface area contributed by atoms with Crippen molar-refractivity contribution in [3.8, 4) is 17.2 Å². The van der Waals surface area contributed by atoms with E-state index >= 15 is 0 Å². The molecule has 0 bridgehead atoms. The lowest BCUT2D eigenvalue weighted by Gasteiger charge is -2.31. The summed E-state index contributed by atoms with van der Waals surface area (Å²) in [6.07, 6.45) is -6.18. The molecular weight excluding hydrogens is 339 g/mol. The van der Waals surface area contributed by atoms with Crippen LogP contribution in [0.5, 0.6) is 17.2 Å². The number of nitrogens with one attached hydrogen (secondary N) is 1. The summed E-state index contributed by atoms with van der Waals surface area (Å²) < 4.78 is 51.5. The SMILES string of the molecule is C[C@@H]1Oc2ccccc2O[C@@H]1C(=O)Nc1ccc(OC(F)(F)F)cc1. The molecule has 2 aromatic carbocycles. The highest BCUT2D eigenvalue weighted by molar-refractivity contribution is 5.95. The summed E-state index contributed by atoms with van der Waals surface area (Å²) in [5, 5.41) is 2.58. The Morgan fingerprint density at radius 1 is 1.04 bits per heavy atom. The van der Waals surface area contributed by atoms with Crippen molar-refractivity contribution >= 4 is 11.6 Å². The molecule has 3 rings (SSSR count).